The van der Waals surface area contributed by atoms with Gasteiger partial charge in [-0.05, 0) is 42.2 Å². The van der Waals surface area contributed by atoms with Gasteiger partial charge in [0.2, 0.25) is 0 Å². The third-order valence-electron chi connectivity index (χ3n) is 4.98. The Morgan fingerprint density at radius 3 is 2.65 bits per heavy atom. The summed E-state index contributed by atoms with van der Waals surface area (Å²) in [6.45, 7) is 4.75. The first kappa shape index (κ1) is 14.3. The summed E-state index contributed by atoms with van der Waals surface area (Å²) >= 11 is 0. The Morgan fingerprint density at radius 1 is 1.20 bits per heavy atom. The first-order valence-electron chi connectivity index (χ1n) is 7.75. The first-order chi connectivity index (χ1) is 9.56. The maximum Gasteiger partial charge on any atom is 0.0376 e. The molecule has 1 heterocycles. The van der Waals surface area contributed by atoms with Crippen molar-refractivity contribution in [2.45, 2.75) is 51.6 Å². The zero-order valence-electron chi connectivity index (χ0n) is 12.5. The van der Waals surface area contributed by atoms with E-state index >= 15 is 0 Å². The van der Waals surface area contributed by atoms with Gasteiger partial charge in [-0.3, -0.25) is 4.21 Å². The summed E-state index contributed by atoms with van der Waals surface area (Å²) in [5.41, 5.74) is 3.28. The molecule has 20 heavy (non-hydrogen) atoms. The van der Waals surface area contributed by atoms with Gasteiger partial charge in [0.1, 0.15) is 0 Å². The molecule has 1 saturated heterocycles. The molecule has 1 aliphatic carbocycles. The summed E-state index contributed by atoms with van der Waals surface area (Å²) in [7, 11) is -0.572. The third kappa shape index (κ3) is 2.84. The first-order valence-corrected chi connectivity index (χ1v) is 9.24. The number of benzene rings is 1. The number of fused-ring (bicyclic) bond motifs is 1. The molecular weight excluding hydrogens is 266 g/mol. The van der Waals surface area contributed by atoms with Gasteiger partial charge in [0.15, 0.2) is 0 Å². The van der Waals surface area contributed by atoms with Crippen molar-refractivity contribution >= 4 is 10.8 Å². The summed E-state index contributed by atoms with van der Waals surface area (Å²) in [4.78, 5) is 0. The molecular formula is C17H25NOS. The van der Waals surface area contributed by atoms with Gasteiger partial charge in [0.05, 0.1) is 0 Å². The van der Waals surface area contributed by atoms with Crippen molar-refractivity contribution in [3.8, 4) is 0 Å². The Hall–Kier alpha value is -0.670. The quantitative estimate of drug-likeness (QED) is 0.906. The molecule has 1 fully saturated rings. The predicted octanol–water partition coefficient (Wildman–Crippen LogP) is 3.20. The normalized spacial score (nSPS) is 32.6. The van der Waals surface area contributed by atoms with Gasteiger partial charge in [-0.2, -0.15) is 0 Å². The fourth-order valence-electron chi connectivity index (χ4n) is 3.58. The summed E-state index contributed by atoms with van der Waals surface area (Å²) in [6.07, 6.45) is 4.54. The van der Waals surface area contributed by atoms with Gasteiger partial charge in [0.25, 0.3) is 0 Å². The molecule has 1 unspecified atom stereocenters. The molecule has 1 aromatic carbocycles. The smallest absolute Gasteiger partial charge is 0.0376 e. The molecule has 0 amide bonds. The minimum Gasteiger partial charge on any atom is -0.307 e. The van der Waals surface area contributed by atoms with E-state index in [1.54, 1.807) is 0 Å². The van der Waals surface area contributed by atoms with Crippen LogP contribution in [0.1, 0.15) is 50.3 Å². The zero-order chi connectivity index (χ0) is 14.2. The monoisotopic (exact) mass is 291 g/mol. The number of nitrogens with one attached hydrogen (secondary N) is 1. The Labute approximate surface area is 124 Å². The fraction of sp³-hybridized carbons (Fsp3) is 0.647. The molecule has 110 valence electrons. The van der Waals surface area contributed by atoms with Crippen molar-refractivity contribution in [1.29, 1.82) is 0 Å². The number of rotatable bonds is 2. The van der Waals surface area contributed by atoms with Crippen LogP contribution < -0.4 is 5.32 Å². The van der Waals surface area contributed by atoms with Crippen LogP contribution in [0.2, 0.25) is 0 Å². The second-order valence-electron chi connectivity index (χ2n) is 6.91. The SMILES string of the molecule is CC1(C)CCc2ccccc2C1NC1CCS(=O)CC1. The number of aryl methyl sites for hydroxylation is 1. The highest BCUT2D eigenvalue weighted by Crippen LogP contribution is 2.43. The summed E-state index contributed by atoms with van der Waals surface area (Å²) < 4.78 is 11.5. The minimum absolute atomic E-state index is 0.297. The van der Waals surface area contributed by atoms with Gasteiger partial charge >= 0.3 is 0 Å². The van der Waals surface area contributed by atoms with Crippen LogP contribution in [0.15, 0.2) is 24.3 Å². The highest BCUT2D eigenvalue weighted by molar-refractivity contribution is 7.85. The second kappa shape index (κ2) is 5.61. The van der Waals surface area contributed by atoms with Crippen LogP contribution in [0.4, 0.5) is 0 Å². The van der Waals surface area contributed by atoms with Crippen LogP contribution in [-0.4, -0.2) is 21.8 Å². The van der Waals surface area contributed by atoms with Crippen molar-refractivity contribution < 1.29 is 4.21 Å². The lowest BCUT2D eigenvalue weighted by atomic mass is 9.70. The van der Waals surface area contributed by atoms with Crippen molar-refractivity contribution in [1.82, 2.24) is 5.32 Å². The van der Waals surface area contributed by atoms with Crippen molar-refractivity contribution in [2.75, 3.05) is 11.5 Å². The molecule has 3 heteroatoms. The number of hydrogen-bond donors (Lipinski definition) is 1. The van der Waals surface area contributed by atoms with Gasteiger partial charge in [-0.15, -0.1) is 0 Å². The largest absolute Gasteiger partial charge is 0.307 e. The van der Waals surface area contributed by atoms with E-state index in [2.05, 4.69) is 43.4 Å². The average molecular weight is 291 g/mol. The van der Waals surface area contributed by atoms with E-state index in [1.165, 1.54) is 24.0 Å². The van der Waals surface area contributed by atoms with E-state index in [-0.39, 0.29) is 0 Å². The summed E-state index contributed by atoms with van der Waals surface area (Å²) in [5, 5.41) is 3.89. The summed E-state index contributed by atoms with van der Waals surface area (Å²) in [6, 6.07) is 9.83. The number of hydrogen-bond acceptors (Lipinski definition) is 2. The van der Waals surface area contributed by atoms with E-state index in [0.29, 0.717) is 17.5 Å². The van der Waals surface area contributed by atoms with Gasteiger partial charge in [-0.25, -0.2) is 0 Å². The maximum absolute atomic E-state index is 11.5. The molecule has 2 nitrogen and oxygen atoms in total. The molecule has 2 aliphatic rings. The third-order valence-corrected chi connectivity index (χ3v) is 6.36. The maximum atomic E-state index is 11.5. The van der Waals surface area contributed by atoms with Crippen molar-refractivity contribution in [3.63, 3.8) is 0 Å². The van der Waals surface area contributed by atoms with E-state index in [4.69, 9.17) is 0 Å². The van der Waals surface area contributed by atoms with Gasteiger partial charge in [-0.1, -0.05) is 38.1 Å². The van der Waals surface area contributed by atoms with E-state index in [9.17, 15) is 4.21 Å². The minimum atomic E-state index is -0.572. The lowest BCUT2D eigenvalue weighted by Gasteiger charge is -2.43. The van der Waals surface area contributed by atoms with E-state index in [0.717, 1.165) is 24.3 Å². The average Bonchev–Trinajstić information content (AvgIpc) is 2.44. The molecule has 3 rings (SSSR count). The highest BCUT2D eigenvalue weighted by atomic mass is 32.2. The Kier molecular flexibility index (Phi) is 4.00. The molecule has 0 spiro atoms. The van der Waals surface area contributed by atoms with E-state index < -0.39 is 10.8 Å². The predicted molar refractivity (Wildman–Crippen MR) is 85.3 cm³/mol. The van der Waals surface area contributed by atoms with Gasteiger partial charge < -0.3 is 5.32 Å². The molecule has 0 saturated carbocycles. The van der Waals surface area contributed by atoms with Crippen LogP contribution in [0, 0.1) is 5.41 Å². The van der Waals surface area contributed by atoms with Crippen molar-refractivity contribution in [2.24, 2.45) is 5.41 Å². The highest BCUT2D eigenvalue weighted by Gasteiger charge is 2.37. The molecule has 1 aliphatic heterocycles. The Bertz CT molecular complexity index is 501. The molecule has 0 aromatic heterocycles. The molecule has 1 atom stereocenters. The lowest BCUT2D eigenvalue weighted by molar-refractivity contribution is 0.190. The van der Waals surface area contributed by atoms with Crippen LogP contribution >= 0.6 is 0 Å². The topological polar surface area (TPSA) is 29.1 Å². The van der Waals surface area contributed by atoms with Crippen LogP contribution in [-0.2, 0) is 17.2 Å². The lowest BCUT2D eigenvalue weighted by Crippen LogP contribution is -2.45. The van der Waals surface area contributed by atoms with Gasteiger partial charge in [0, 0.05) is 34.4 Å². The van der Waals surface area contributed by atoms with Crippen LogP contribution in [0.3, 0.4) is 0 Å². The van der Waals surface area contributed by atoms with Crippen molar-refractivity contribution in [3.05, 3.63) is 35.4 Å². The molecule has 1 N–H and O–H groups in total. The van der Waals surface area contributed by atoms with Crippen LogP contribution in [0.5, 0.6) is 0 Å². The Morgan fingerprint density at radius 2 is 1.90 bits per heavy atom. The van der Waals surface area contributed by atoms with E-state index in [1.807, 2.05) is 0 Å². The summed E-state index contributed by atoms with van der Waals surface area (Å²) in [5.74, 6) is 1.74. The standard InChI is InChI=1S/C17H25NOS/c1-17(2)10-7-13-5-3-4-6-15(13)16(17)18-14-8-11-20(19)12-9-14/h3-6,14,16,18H,7-12H2,1-2H3. The molecule has 0 bridgehead atoms. The second-order valence-corrected chi connectivity index (χ2v) is 8.61. The zero-order valence-corrected chi connectivity index (χ0v) is 13.3. The Balaban J connectivity index is 1.81. The molecule has 0 radical (unpaired) electrons. The van der Waals surface area contributed by atoms with Crippen LogP contribution in [0.25, 0.3) is 0 Å². The fourth-order valence-corrected chi connectivity index (χ4v) is 4.88. The molecule has 1 aromatic rings.